The maximum absolute atomic E-state index is 12.4. The predicted octanol–water partition coefficient (Wildman–Crippen LogP) is 4.40. The summed E-state index contributed by atoms with van der Waals surface area (Å²) in [5.41, 5.74) is 1.94. The lowest BCUT2D eigenvalue weighted by molar-refractivity contribution is -0.124. The smallest absolute Gasteiger partial charge is 0.338 e. The van der Waals surface area contributed by atoms with Crippen LogP contribution in [0.1, 0.15) is 44.9 Å². The van der Waals surface area contributed by atoms with E-state index in [9.17, 15) is 14.4 Å². The van der Waals surface area contributed by atoms with Crippen molar-refractivity contribution in [3.05, 3.63) is 88.1 Å². The second-order valence-corrected chi connectivity index (χ2v) is 8.81. The molecule has 7 heteroatoms. The summed E-state index contributed by atoms with van der Waals surface area (Å²) >= 11 is 1.33. The van der Waals surface area contributed by atoms with Crippen LogP contribution in [0, 0.1) is 0 Å². The normalized spacial score (nSPS) is 14.1. The van der Waals surface area contributed by atoms with Gasteiger partial charge in [-0.15, -0.1) is 11.3 Å². The molecule has 2 N–H and O–H groups in total. The highest BCUT2D eigenvalue weighted by Crippen LogP contribution is 2.43. The molecule has 0 spiro atoms. The second-order valence-electron chi connectivity index (χ2n) is 7.87. The molecule has 2 aromatic carbocycles. The molecular weight excluding hydrogens is 424 g/mol. The molecule has 2 amide bonds. The fraction of sp³-hybridized carbons (Fsp3) is 0.240. The van der Waals surface area contributed by atoms with E-state index >= 15 is 0 Å². The lowest BCUT2D eigenvalue weighted by Crippen LogP contribution is -2.46. The highest BCUT2D eigenvalue weighted by molar-refractivity contribution is 7.12. The molecule has 0 radical (unpaired) electrons. The second kappa shape index (κ2) is 9.78. The average Bonchev–Trinajstić information content (AvgIpc) is 3.33. The number of hydrogen-bond donors (Lipinski definition) is 2. The van der Waals surface area contributed by atoms with Crippen molar-refractivity contribution in [3.63, 3.8) is 0 Å². The van der Waals surface area contributed by atoms with E-state index in [1.165, 1.54) is 23.0 Å². The van der Waals surface area contributed by atoms with Gasteiger partial charge in [-0.25, -0.2) is 4.79 Å². The number of carbonyl (C=O) groups excluding carboxylic acids is 3. The van der Waals surface area contributed by atoms with Crippen molar-refractivity contribution in [1.29, 1.82) is 0 Å². The molecule has 6 nitrogen and oxygen atoms in total. The molecule has 4 rings (SSSR count). The zero-order chi connectivity index (χ0) is 22.4. The standard InChI is InChI=1S/C25H24N2O4S/c28-22(26-17-25(12-6-13-25)19-8-2-1-3-9-19)16-31-24(30)18-7-4-10-20(15-18)27-23(29)21-11-5-14-32-21/h1-5,7-11,14-15H,6,12-13,16-17H2,(H,26,28)(H,27,29). The van der Waals surface area contributed by atoms with E-state index in [2.05, 4.69) is 22.8 Å². The molecule has 1 saturated carbocycles. The molecule has 32 heavy (non-hydrogen) atoms. The van der Waals surface area contributed by atoms with Crippen molar-refractivity contribution in [2.75, 3.05) is 18.5 Å². The number of ether oxygens (including phenoxy) is 1. The minimum Gasteiger partial charge on any atom is -0.452 e. The first-order valence-corrected chi connectivity index (χ1v) is 11.4. The van der Waals surface area contributed by atoms with Gasteiger partial charge in [0.15, 0.2) is 6.61 Å². The molecule has 0 bridgehead atoms. The predicted molar refractivity (Wildman–Crippen MR) is 124 cm³/mol. The quantitative estimate of drug-likeness (QED) is 0.501. The Morgan fingerprint density at radius 1 is 0.969 bits per heavy atom. The fourth-order valence-corrected chi connectivity index (χ4v) is 4.44. The van der Waals surface area contributed by atoms with Crippen LogP contribution in [0.4, 0.5) is 5.69 Å². The number of benzene rings is 2. The highest BCUT2D eigenvalue weighted by atomic mass is 32.1. The Balaban J connectivity index is 1.28. The Bertz CT molecular complexity index is 1090. The Kier molecular flexibility index (Phi) is 6.66. The SMILES string of the molecule is O=C(COC(=O)c1cccc(NC(=O)c2cccs2)c1)NCC1(c2ccccc2)CCC1. The molecule has 0 unspecified atom stereocenters. The zero-order valence-corrected chi connectivity index (χ0v) is 18.3. The van der Waals surface area contributed by atoms with Gasteiger partial charge < -0.3 is 15.4 Å². The minimum absolute atomic E-state index is 0.0317. The lowest BCUT2D eigenvalue weighted by atomic mass is 9.64. The van der Waals surface area contributed by atoms with Crippen LogP contribution in [0.5, 0.6) is 0 Å². The number of amides is 2. The van der Waals surface area contributed by atoms with Crippen LogP contribution in [0.2, 0.25) is 0 Å². The van der Waals surface area contributed by atoms with E-state index in [-0.39, 0.29) is 29.4 Å². The Labute approximate surface area is 190 Å². The van der Waals surface area contributed by atoms with Gasteiger partial charge in [0, 0.05) is 17.6 Å². The summed E-state index contributed by atoms with van der Waals surface area (Å²) in [4.78, 5) is 37.5. The molecule has 1 aromatic heterocycles. The summed E-state index contributed by atoms with van der Waals surface area (Å²) in [7, 11) is 0. The monoisotopic (exact) mass is 448 g/mol. The van der Waals surface area contributed by atoms with Crippen molar-refractivity contribution < 1.29 is 19.1 Å². The van der Waals surface area contributed by atoms with E-state index in [1.807, 2.05) is 23.6 Å². The number of thiophene rings is 1. The van der Waals surface area contributed by atoms with Crippen molar-refractivity contribution in [2.45, 2.75) is 24.7 Å². The van der Waals surface area contributed by atoms with Gasteiger partial charge in [0.1, 0.15) is 0 Å². The van der Waals surface area contributed by atoms with Gasteiger partial charge in [-0.2, -0.15) is 0 Å². The minimum atomic E-state index is -0.617. The maximum atomic E-state index is 12.4. The van der Waals surface area contributed by atoms with Crippen molar-refractivity contribution >= 4 is 34.8 Å². The summed E-state index contributed by atoms with van der Waals surface area (Å²) in [6, 6.07) is 20.2. The van der Waals surface area contributed by atoms with Crippen LogP contribution in [-0.2, 0) is 14.9 Å². The van der Waals surface area contributed by atoms with Gasteiger partial charge >= 0.3 is 5.97 Å². The number of carbonyl (C=O) groups is 3. The largest absolute Gasteiger partial charge is 0.452 e. The van der Waals surface area contributed by atoms with Gasteiger partial charge in [-0.05, 0) is 48.1 Å². The molecule has 0 atom stereocenters. The van der Waals surface area contributed by atoms with Crippen LogP contribution in [0.3, 0.4) is 0 Å². The van der Waals surface area contributed by atoms with E-state index < -0.39 is 5.97 Å². The van der Waals surface area contributed by atoms with Crippen molar-refractivity contribution in [1.82, 2.24) is 5.32 Å². The molecule has 0 saturated heterocycles. The summed E-state index contributed by atoms with van der Waals surface area (Å²) in [6.45, 7) is 0.174. The third-order valence-electron chi connectivity index (χ3n) is 5.76. The summed E-state index contributed by atoms with van der Waals surface area (Å²) in [5.74, 6) is -1.19. The maximum Gasteiger partial charge on any atom is 0.338 e. The molecule has 3 aromatic rings. The summed E-state index contributed by atoms with van der Waals surface area (Å²) in [5, 5.41) is 7.49. The van der Waals surface area contributed by atoms with E-state index in [0.29, 0.717) is 17.1 Å². The Morgan fingerprint density at radius 2 is 1.78 bits per heavy atom. The van der Waals surface area contributed by atoms with Gasteiger partial charge in [0.05, 0.1) is 10.4 Å². The zero-order valence-electron chi connectivity index (χ0n) is 17.5. The molecule has 1 aliphatic rings. The first kappa shape index (κ1) is 21.8. The van der Waals surface area contributed by atoms with Crippen molar-refractivity contribution in [3.8, 4) is 0 Å². The number of hydrogen-bond acceptors (Lipinski definition) is 5. The van der Waals surface area contributed by atoms with Crippen LogP contribution in [0.25, 0.3) is 0 Å². The highest BCUT2D eigenvalue weighted by Gasteiger charge is 2.38. The first-order chi connectivity index (χ1) is 15.6. The van der Waals surface area contributed by atoms with Crippen molar-refractivity contribution in [2.24, 2.45) is 0 Å². The first-order valence-electron chi connectivity index (χ1n) is 10.5. The van der Waals surface area contributed by atoms with Crippen LogP contribution in [0.15, 0.2) is 72.1 Å². The topological polar surface area (TPSA) is 84.5 Å². The van der Waals surface area contributed by atoms with Crippen LogP contribution >= 0.6 is 11.3 Å². The van der Waals surface area contributed by atoms with Gasteiger partial charge in [0.25, 0.3) is 11.8 Å². The number of rotatable bonds is 8. The molecule has 1 fully saturated rings. The third kappa shape index (κ3) is 5.06. The lowest BCUT2D eigenvalue weighted by Gasteiger charge is -2.42. The molecule has 1 heterocycles. The Hall–Kier alpha value is -3.45. The van der Waals surface area contributed by atoms with Crippen LogP contribution < -0.4 is 10.6 Å². The fourth-order valence-electron chi connectivity index (χ4n) is 3.82. The molecule has 0 aliphatic heterocycles. The number of anilines is 1. The molecule has 164 valence electrons. The average molecular weight is 449 g/mol. The van der Waals surface area contributed by atoms with Gasteiger partial charge in [0.2, 0.25) is 0 Å². The number of esters is 1. The summed E-state index contributed by atoms with van der Waals surface area (Å²) < 4.78 is 5.18. The summed E-state index contributed by atoms with van der Waals surface area (Å²) in [6.07, 6.45) is 3.20. The van der Waals surface area contributed by atoms with E-state index in [1.54, 1.807) is 30.3 Å². The molecule has 1 aliphatic carbocycles. The van der Waals surface area contributed by atoms with Gasteiger partial charge in [-0.3, -0.25) is 9.59 Å². The van der Waals surface area contributed by atoms with Gasteiger partial charge in [-0.1, -0.05) is 48.9 Å². The van der Waals surface area contributed by atoms with E-state index in [4.69, 9.17) is 4.74 Å². The molecular formula is C25H24N2O4S. The third-order valence-corrected chi connectivity index (χ3v) is 6.62. The van der Waals surface area contributed by atoms with Crippen LogP contribution in [-0.4, -0.2) is 30.9 Å². The Morgan fingerprint density at radius 3 is 2.47 bits per heavy atom. The number of nitrogens with one attached hydrogen (secondary N) is 2. The van der Waals surface area contributed by atoms with E-state index in [0.717, 1.165) is 19.3 Å².